The molecule has 3 rings (SSSR count). The van der Waals surface area contributed by atoms with Crippen molar-refractivity contribution < 1.29 is 9.84 Å². The number of aliphatic hydroxyl groups excluding tert-OH is 1. The molecule has 2 aromatic carbocycles. The van der Waals surface area contributed by atoms with Crippen molar-refractivity contribution in [2.45, 2.75) is 12.1 Å². The molecule has 4 nitrogen and oxygen atoms in total. The molecule has 2 N–H and O–H groups in total. The van der Waals surface area contributed by atoms with Crippen molar-refractivity contribution >= 4 is 30.5 Å². The molecule has 2 aromatic rings. The van der Waals surface area contributed by atoms with Gasteiger partial charge < -0.3 is 20.1 Å². The maximum Gasteiger partial charge on any atom is 0.142 e. The highest BCUT2D eigenvalue weighted by Crippen LogP contribution is 2.38. The molecular formula is C18H24Cl2N2O2. The maximum absolute atomic E-state index is 10.7. The Kier molecular flexibility index (Phi) is 8.36. The number of anilines is 1. The number of para-hydroxylation sites is 2. The number of nitrogens with zero attached hydrogens (tertiary/aromatic N) is 1. The van der Waals surface area contributed by atoms with Crippen LogP contribution in [0, 0.1) is 0 Å². The smallest absolute Gasteiger partial charge is 0.142 e. The zero-order chi connectivity index (χ0) is 15.4. The molecule has 0 amide bonds. The molecule has 1 heterocycles. The fourth-order valence-corrected chi connectivity index (χ4v) is 3.06. The van der Waals surface area contributed by atoms with Crippen LogP contribution in [0.4, 0.5) is 5.69 Å². The lowest BCUT2D eigenvalue weighted by molar-refractivity contribution is 0.135. The Bertz CT molecular complexity index is 613. The first-order valence-electron chi connectivity index (χ1n) is 7.67. The largest absolute Gasteiger partial charge is 0.490 e. The van der Waals surface area contributed by atoms with Crippen LogP contribution in [0.1, 0.15) is 11.6 Å². The quantitative estimate of drug-likeness (QED) is 0.848. The molecule has 1 aliphatic rings. The predicted molar refractivity (Wildman–Crippen MR) is 103 cm³/mol. The molecule has 6 heteroatoms. The van der Waals surface area contributed by atoms with Crippen LogP contribution in [-0.4, -0.2) is 38.0 Å². The fourth-order valence-electron chi connectivity index (χ4n) is 3.06. The number of benzene rings is 2. The summed E-state index contributed by atoms with van der Waals surface area (Å²) in [6.07, 6.45) is -0.501. The Morgan fingerprint density at radius 2 is 1.75 bits per heavy atom. The molecule has 24 heavy (non-hydrogen) atoms. The summed E-state index contributed by atoms with van der Waals surface area (Å²) in [4.78, 5) is 2.25. The summed E-state index contributed by atoms with van der Waals surface area (Å²) < 4.78 is 5.74. The summed E-state index contributed by atoms with van der Waals surface area (Å²) in [5.41, 5.74) is 2.15. The van der Waals surface area contributed by atoms with E-state index in [-0.39, 0.29) is 30.9 Å². The van der Waals surface area contributed by atoms with Gasteiger partial charge >= 0.3 is 0 Å². The minimum absolute atomic E-state index is 0. The van der Waals surface area contributed by atoms with Crippen molar-refractivity contribution in [3.63, 3.8) is 0 Å². The number of ether oxygens (including phenoxy) is 1. The van der Waals surface area contributed by atoms with E-state index in [1.54, 1.807) is 0 Å². The molecule has 0 saturated heterocycles. The van der Waals surface area contributed by atoms with Crippen molar-refractivity contribution in [3.05, 3.63) is 60.2 Å². The summed E-state index contributed by atoms with van der Waals surface area (Å²) in [7, 11) is 1.86. The van der Waals surface area contributed by atoms with E-state index < -0.39 is 6.10 Å². The van der Waals surface area contributed by atoms with E-state index in [4.69, 9.17) is 4.74 Å². The van der Waals surface area contributed by atoms with Crippen molar-refractivity contribution in [2.75, 3.05) is 31.6 Å². The van der Waals surface area contributed by atoms with Gasteiger partial charge in [0.15, 0.2) is 0 Å². The fraction of sp³-hybridized carbons (Fsp3) is 0.333. The summed E-state index contributed by atoms with van der Waals surface area (Å²) in [5.74, 6) is 0.881. The van der Waals surface area contributed by atoms with Gasteiger partial charge in [-0.3, -0.25) is 0 Å². The molecule has 0 aromatic heterocycles. The van der Waals surface area contributed by atoms with Gasteiger partial charge in [0.25, 0.3) is 0 Å². The third-order valence-electron chi connectivity index (χ3n) is 4.02. The molecule has 0 saturated carbocycles. The van der Waals surface area contributed by atoms with Crippen molar-refractivity contribution in [1.82, 2.24) is 5.32 Å². The average molecular weight is 371 g/mol. The highest BCUT2D eigenvalue weighted by molar-refractivity contribution is 5.85. The van der Waals surface area contributed by atoms with Crippen LogP contribution >= 0.6 is 24.8 Å². The predicted octanol–water partition coefficient (Wildman–Crippen LogP) is 3.05. The number of nitrogens with one attached hydrogen (secondary N) is 1. The first-order chi connectivity index (χ1) is 10.8. The monoisotopic (exact) mass is 370 g/mol. The lowest BCUT2D eigenvalue weighted by atomic mass is 9.98. The average Bonchev–Trinajstić information content (AvgIpc) is 2.57. The molecular weight excluding hydrogens is 347 g/mol. The van der Waals surface area contributed by atoms with Crippen molar-refractivity contribution in [3.8, 4) is 5.75 Å². The summed E-state index contributed by atoms with van der Waals surface area (Å²) in [6.45, 7) is 1.93. The van der Waals surface area contributed by atoms with Gasteiger partial charge in [-0.2, -0.15) is 0 Å². The third-order valence-corrected chi connectivity index (χ3v) is 4.02. The Hall–Kier alpha value is -1.46. The number of rotatable bonds is 5. The zero-order valence-electron chi connectivity index (χ0n) is 13.6. The number of halogens is 2. The molecule has 0 aliphatic carbocycles. The minimum Gasteiger partial charge on any atom is -0.490 e. The van der Waals surface area contributed by atoms with Gasteiger partial charge in [-0.15, -0.1) is 24.8 Å². The molecule has 0 radical (unpaired) electrons. The van der Waals surface area contributed by atoms with Crippen LogP contribution in [0.25, 0.3) is 0 Å². The number of aliphatic hydroxyl groups is 1. The highest BCUT2D eigenvalue weighted by atomic mass is 35.5. The van der Waals surface area contributed by atoms with Crippen LogP contribution in [0.2, 0.25) is 0 Å². The second-order valence-electron chi connectivity index (χ2n) is 5.49. The summed E-state index contributed by atoms with van der Waals surface area (Å²) in [5, 5.41) is 13.8. The van der Waals surface area contributed by atoms with E-state index in [9.17, 15) is 5.11 Å². The van der Waals surface area contributed by atoms with E-state index >= 15 is 0 Å². The maximum atomic E-state index is 10.7. The van der Waals surface area contributed by atoms with Crippen LogP contribution in [0.5, 0.6) is 5.75 Å². The van der Waals surface area contributed by atoms with Gasteiger partial charge in [0, 0.05) is 6.54 Å². The standard InChI is InChI=1S/C18H22N2O2.2ClH/c1-19-13-16(21)18(14-7-3-2-4-8-14)20-11-12-22-17-10-6-5-9-15(17)20;;/h2-10,16,18-19,21H,11-13H2,1H3;2*1H. The van der Waals surface area contributed by atoms with Crippen LogP contribution in [0.15, 0.2) is 54.6 Å². The third kappa shape index (κ3) is 4.33. The first kappa shape index (κ1) is 20.6. The molecule has 0 bridgehead atoms. The van der Waals surface area contributed by atoms with Crippen LogP contribution < -0.4 is 15.0 Å². The second kappa shape index (κ2) is 9.74. The second-order valence-corrected chi connectivity index (χ2v) is 5.49. The molecule has 1 aliphatic heterocycles. The summed E-state index contributed by atoms with van der Waals surface area (Å²) in [6, 6.07) is 18.1. The van der Waals surface area contributed by atoms with Gasteiger partial charge in [0.2, 0.25) is 0 Å². The SMILES string of the molecule is CNCC(O)C(c1ccccc1)N1CCOc2ccccc21.Cl.Cl. The van der Waals surface area contributed by atoms with Gasteiger partial charge in [-0.05, 0) is 24.7 Å². The van der Waals surface area contributed by atoms with E-state index in [0.717, 1.165) is 23.5 Å². The first-order valence-corrected chi connectivity index (χ1v) is 7.67. The topological polar surface area (TPSA) is 44.7 Å². The van der Waals surface area contributed by atoms with E-state index in [1.807, 2.05) is 43.4 Å². The highest BCUT2D eigenvalue weighted by Gasteiger charge is 2.31. The molecule has 132 valence electrons. The number of hydrogen-bond acceptors (Lipinski definition) is 4. The Morgan fingerprint density at radius 1 is 1.08 bits per heavy atom. The number of hydrogen-bond donors (Lipinski definition) is 2. The number of likely N-dealkylation sites (N-methyl/N-ethyl adjacent to an activating group) is 1. The minimum atomic E-state index is -0.501. The lowest BCUT2D eigenvalue weighted by Crippen LogP contribution is -2.44. The van der Waals surface area contributed by atoms with Crippen LogP contribution in [-0.2, 0) is 0 Å². The molecule has 2 atom stereocenters. The van der Waals surface area contributed by atoms with Gasteiger partial charge in [-0.25, -0.2) is 0 Å². The van der Waals surface area contributed by atoms with Crippen molar-refractivity contribution in [1.29, 1.82) is 0 Å². The zero-order valence-corrected chi connectivity index (χ0v) is 15.2. The molecule has 0 spiro atoms. The molecule has 2 unspecified atom stereocenters. The Balaban J connectivity index is 0.00000144. The lowest BCUT2D eigenvalue weighted by Gasteiger charge is -2.40. The van der Waals surface area contributed by atoms with E-state index in [0.29, 0.717) is 13.2 Å². The Labute approximate surface area is 155 Å². The van der Waals surface area contributed by atoms with Gasteiger partial charge in [-0.1, -0.05) is 42.5 Å². The number of fused-ring (bicyclic) bond motifs is 1. The normalized spacial score (nSPS) is 15.2. The van der Waals surface area contributed by atoms with Crippen LogP contribution in [0.3, 0.4) is 0 Å². The Morgan fingerprint density at radius 3 is 2.46 bits per heavy atom. The van der Waals surface area contributed by atoms with E-state index in [1.165, 1.54) is 0 Å². The molecule has 0 fully saturated rings. The van der Waals surface area contributed by atoms with E-state index in [2.05, 4.69) is 28.4 Å². The summed E-state index contributed by atoms with van der Waals surface area (Å²) >= 11 is 0. The van der Waals surface area contributed by atoms with Crippen molar-refractivity contribution in [2.24, 2.45) is 0 Å². The van der Waals surface area contributed by atoms with Gasteiger partial charge in [0.1, 0.15) is 12.4 Å². The van der Waals surface area contributed by atoms with Gasteiger partial charge in [0.05, 0.1) is 24.4 Å².